The first-order chi connectivity index (χ1) is 12.7. The van der Waals surface area contributed by atoms with Gasteiger partial charge in [-0.05, 0) is 43.2 Å². The van der Waals surface area contributed by atoms with Crippen LogP contribution in [0.3, 0.4) is 0 Å². The van der Waals surface area contributed by atoms with Gasteiger partial charge in [-0.1, -0.05) is 30.3 Å². The van der Waals surface area contributed by atoms with Gasteiger partial charge in [0.15, 0.2) is 0 Å². The zero-order valence-electron chi connectivity index (χ0n) is 15.1. The van der Waals surface area contributed by atoms with Crippen LogP contribution in [-0.4, -0.2) is 59.4 Å². The quantitative estimate of drug-likeness (QED) is 0.496. The van der Waals surface area contributed by atoms with Gasteiger partial charge in [0.2, 0.25) is 10.0 Å². The van der Waals surface area contributed by atoms with Crippen molar-refractivity contribution >= 4 is 10.0 Å². The minimum atomic E-state index is -3.97. The lowest BCUT2D eigenvalue weighted by molar-refractivity contribution is 0.0985. The molecule has 0 aliphatic carbocycles. The molecule has 0 aromatic heterocycles. The van der Waals surface area contributed by atoms with E-state index in [0.29, 0.717) is 6.42 Å². The van der Waals surface area contributed by atoms with Crippen LogP contribution >= 0.6 is 0 Å². The molecule has 148 valence electrons. The van der Waals surface area contributed by atoms with Crippen LogP contribution in [-0.2, 0) is 16.4 Å². The second kappa shape index (κ2) is 9.29. The second-order valence-corrected chi connectivity index (χ2v) is 8.52. The Bertz CT molecular complexity index is 810. The Morgan fingerprint density at radius 1 is 1.00 bits per heavy atom. The van der Waals surface area contributed by atoms with Gasteiger partial charge >= 0.3 is 0 Å². The lowest BCUT2D eigenvalue weighted by atomic mass is 10.0. The molecule has 7 nitrogen and oxygen atoms in total. The first-order valence-corrected chi connectivity index (χ1v) is 10.1. The van der Waals surface area contributed by atoms with E-state index in [9.17, 15) is 23.7 Å². The molecule has 0 amide bonds. The second-order valence-electron chi connectivity index (χ2n) is 6.59. The summed E-state index contributed by atoms with van der Waals surface area (Å²) >= 11 is 0. The smallest absolute Gasteiger partial charge is 0.243 e. The van der Waals surface area contributed by atoms with Crippen LogP contribution in [0.5, 0.6) is 5.75 Å². The third-order valence-electron chi connectivity index (χ3n) is 4.14. The number of aliphatic hydroxyl groups is 2. The van der Waals surface area contributed by atoms with Crippen LogP contribution in [0.1, 0.15) is 12.5 Å². The molecule has 0 fully saturated rings. The molecule has 27 heavy (non-hydrogen) atoms. The van der Waals surface area contributed by atoms with Crippen molar-refractivity contribution in [3.63, 3.8) is 0 Å². The molecule has 2 aromatic carbocycles. The summed E-state index contributed by atoms with van der Waals surface area (Å²) in [5.74, 6) is -0.0547. The van der Waals surface area contributed by atoms with Crippen molar-refractivity contribution in [1.29, 1.82) is 0 Å². The summed E-state index contributed by atoms with van der Waals surface area (Å²) in [6, 6.07) is 13.8. The molecular formula is C19H26N2O5S. The molecule has 0 heterocycles. The van der Waals surface area contributed by atoms with E-state index < -0.39 is 28.3 Å². The number of aliphatic hydroxyl groups excluding tert-OH is 2. The average Bonchev–Trinajstić information content (AvgIpc) is 2.62. The fourth-order valence-corrected chi connectivity index (χ4v) is 4.24. The van der Waals surface area contributed by atoms with E-state index in [1.807, 2.05) is 30.3 Å². The molecule has 5 N–H and O–H groups in total. The maximum Gasteiger partial charge on any atom is 0.243 e. The minimum absolute atomic E-state index is 0.0372. The largest absolute Gasteiger partial charge is 0.508 e. The van der Waals surface area contributed by atoms with Crippen LogP contribution in [0.25, 0.3) is 0 Å². The van der Waals surface area contributed by atoms with Gasteiger partial charge in [-0.15, -0.1) is 0 Å². The highest BCUT2D eigenvalue weighted by molar-refractivity contribution is 7.89. The fourth-order valence-electron chi connectivity index (χ4n) is 2.70. The molecule has 0 aliphatic heterocycles. The van der Waals surface area contributed by atoms with Crippen molar-refractivity contribution in [2.75, 3.05) is 13.1 Å². The summed E-state index contributed by atoms with van der Waals surface area (Å²) in [6.07, 6.45) is -1.64. The molecule has 0 bridgehead atoms. The summed E-state index contributed by atoms with van der Waals surface area (Å²) in [5.41, 5.74) is 7.00. The minimum Gasteiger partial charge on any atom is -0.508 e. The van der Waals surface area contributed by atoms with Gasteiger partial charge in [-0.25, -0.2) is 8.42 Å². The summed E-state index contributed by atoms with van der Waals surface area (Å²) in [5, 5.41) is 29.5. The number of sulfonamides is 1. The summed E-state index contributed by atoms with van der Waals surface area (Å²) < 4.78 is 26.8. The van der Waals surface area contributed by atoms with Gasteiger partial charge in [0, 0.05) is 19.1 Å². The SMILES string of the molecule is CC(O)CN(C[C@@H](O)[C@@H](N)Cc1ccccc1)S(=O)(=O)c1ccc(O)cc1. The normalized spacial score (nSPS) is 15.4. The van der Waals surface area contributed by atoms with Crippen molar-refractivity contribution in [2.45, 2.75) is 36.5 Å². The Hall–Kier alpha value is -1.97. The zero-order chi connectivity index (χ0) is 20.0. The maximum atomic E-state index is 12.9. The van der Waals surface area contributed by atoms with Crippen molar-refractivity contribution in [1.82, 2.24) is 4.31 Å². The summed E-state index contributed by atoms with van der Waals surface area (Å²) in [4.78, 5) is -0.0372. The van der Waals surface area contributed by atoms with Crippen LogP contribution in [0.4, 0.5) is 0 Å². The maximum absolute atomic E-state index is 12.9. The number of aromatic hydroxyl groups is 1. The first-order valence-electron chi connectivity index (χ1n) is 8.65. The highest BCUT2D eigenvalue weighted by Gasteiger charge is 2.29. The van der Waals surface area contributed by atoms with E-state index in [1.165, 1.54) is 31.2 Å². The Kier molecular flexibility index (Phi) is 7.34. The highest BCUT2D eigenvalue weighted by Crippen LogP contribution is 2.20. The van der Waals surface area contributed by atoms with E-state index >= 15 is 0 Å². The van der Waals surface area contributed by atoms with Gasteiger partial charge in [0.1, 0.15) is 5.75 Å². The molecule has 0 saturated carbocycles. The Labute approximate surface area is 159 Å². The average molecular weight is 394 g/mol. The molecule has 8 heteroatoms. The van der Waals surface area contributed by atoms with Gasteiger partial charge in [0.05, 0.1) is 17.1 Å². The Morgan fingerprint density at radius 3 is 2.15 bits per heavy atom. The third kappa shape index (κ3) is 6.02. The van der Waals surface area contributed by atoms with Crippen molar-refractivity contribution in [2.24, 2.45) is 5.73 Å². The van der Waals surface area contributed by atoms with Crippen molar-refractivity contribution < 1.29 is 23.7 Å². The summed E-state index contributed by atoms with van der Waals surface area (Å²) in [6.45, 7) is 1.04. The van der Waals surface area contributed by atoms with Gasteiger partial charge in [-0.3, -0.25) is 0 Å². The van der Waals surface area contributed by atoms with Gasteiger partial charge in [0.25, 0.3) is 0 Å². The van der Waals surface area contributed by atoms with Crippen LogP contribution in [0, 0.1) is 0 Å². The number of phenols is 1. The molecule has 0 aliphatic rings. The van der Waals surface area contributed by atoms with E-state index in [-0.39, 0.29) is 23.7 Å². The van der Waals surface area contributed by atoms with Crippen LogP contribution in [0.2, 0.25) is 0 Å². The topological polar surface area (TPSA) is 124 Å². The predicted molar refractivity (Wildman–Crippen MR) is 103 cm³/mol. The number of rotatable bonds is 9. The number of benzene rings is 2. The van der Waals surface area contributed by atoms with E-state index in [0.717, 1.165) is 9.87 Å². The van der Waals surface area contributed by atoms with E-state index in [4.69, 9.17) is 5.73 Å². The van der Waals surface area contributed by atoms with Gasteiger partial charge < -0.3 is 21.1 Å². The molecular weight excluding hydrogens is 368 g/mol. The fraction of sp³-hybridized carbons (Fsp3) is 0.368. The van der Waals surface area contributed by atoms with Crippen LogP contribution < -0.4 is 5.73 Å². The molecule has 3 atom stereocenters. The van der Waals surface area contributed by atoms with E-state index in [2.05, 4.69) is 0 Å². The lowest BCUT2D eigenvalue weighted by Crippen LogP contribution is -2.48. The third-order valence-corrected chi connectivity index (χ3v) is 5.99. The van der Waals surface area contributed by atoms with Crippen LogP contribution in [0.15, 0.2) is 59.5 Å². The molecule has 0 spiro atoms. The standard InChI is InChI=1S/C19H26N2O5S/c1-14(22)12-21(27(25,26)17-9-7-16(23)8-10-17)13-19(24)18(20)11-15-5-3-2-4-6-15/h2-10,14,18-19,22-24H,11-13,20H2,1H3/t14?,18-,19+/m0/s1. The Balaban J connectivity index is 2.16. The van der Waals surface area contributed by atoms with Crippen molar-refractivity contribution in [3.8, 4) is 5.75 Å². The number of phenolic OH excluding ortho intramolecular Hbond substituents is 1. The molecule has 1 unspecified atom stereocenters. The number of nitrogens with zero attached hydrogens (tertiary/aromatic N) is 1. The first kappa shape index (κ1) is 21.3. The summed E-state index contributed by atoms with van der Waals surface area (Å²) in [7, 11) is -3.97. The Morgan fingerprint density at radius 2 is 1.59 bits per heavy atom. The molecule has 2 rings (SSSR count). The zero-order valence-corrected chi connectivity index (χ0v) is 16.0. The number of hydrogen-bond donors (Lipinski definition) is 4. The highest BCUT2D eigenvalue weighted by atomic mass is 32.2. The number of hydrogen-bond acceptors (Lipinski definition) is 6. The van der Waals surface area contributed by atoms with Crippen molar-refractivity contribution in [3.05, 3.63) is 60.2 Å². The molecule has 0 radical (unpaired) electrons. The lowest BCUT2D eigenvalue weighted by Gasteiger charge is -2.28. The number of nitrogens with two attached hydrogens (primary N) is 1. The monoisotopic (exact) mass is 394 g/mol. The molecule has 2 aromatic rings. The predicted octanol–water partition coefficient (Wildman–Crippen LogP) is 0.695. The van der Waals surface area contributed by atoms with Gasteiger partial charge in [-0.2, -0.15) is 4.31 Å². The van der Waals surface area contributed by atoms with E-state index in [1.54, 1.807) is 0 Å². The molecule has 0 saturated heterocycles.